The van der Waals surface area contributed by atoms with Crippen molar-refractivity contribution in [2.24, 2.45) is 15.3 Å². The van der Waals surface area contributed by atoms with E-state index in [1.165, 1.54) is 0 Å². The molecule has 0 aliphatic carbocycles. The van der Waals surface area contributed by atoms with Gasteiger partial charge in [0.05, 0.1) is 0 Å². The highest BCUT2D eigenvalue weighted by Crippen LogP contribution is 2.27. The van der Waals surface area contributed by atoms with Crippen LogP contribution in [0.2, 0.25) is 0 Å². The average molecular weight is 264 g/mol. The van der Waals surface area contributed by atoms with E-state index < -0.39 is 17.5 Å². The zero-order chi connectivity index (χ0) is 13.7. The lowest BCUT2D eigenvalue weighted by Gasteiger charge is -1.97. The number of rotatable bonds is 4. The van der Waals surface area contributed by atoms with Crippen LogP contribution in [0.25, 0.3) is 20.9 Å². The summed E-state index contributed by atoms with van der Waals surface area (Å²) >= 11 is 0. The Morgan fingerprint density at radius 3 is 2.26 bits per heavy atom. The number of hydrogen-bond acceptors (Lipinski definition) is 10. The lowest BCUT2D eigenvalue weighted by Crippen LogP contribution is -1.91. The molecule has 0 aliphatic rings. The van der Waals surface area contributed by atoms with Crippen molar-refractivity contribution in [3.63, 3.8) is 0 Å². The van der Waals surface area contributed by atoms with Gasteiger partial charge in [-0.25, -0.2) is 4.63 Å². The Morgan fingerprint density at radius 2 is 1.53 bits per heavy atom. The molecule has 0 aromatic carbocycles. The van der Waals surface area contributed by atoms with E-state index in [4.69, 9.17) is 11.1 Å². The van der Waals surface area contributed by atoms with Gasteiger partial charge in [-0.3, -0.25) is 0 Å². The van der Waals surface area contributed by atoms with Crippen molar-refractivity contribution in [2.75, 3.05) is 0 Å². The molecule has 0 spiro atoms. The van der Waals surface area contributed by atoms with Crippen LogP contribution in [0.1, 0.15) is 0 Å². The first-order chi connectivity index (χ1) is 9.26. The maximum Gasteiger partial charge on any atom is 0.428 e. The highest BCUT2D eigenvalue weighted by atomic mass is 16.6. The molecule has 19 heavy (non-hydrogen) atoms. The molecule has 2 aromatic rings. The van der Waals surface area contributed by atoms with Crippen molar-refractivity contribution >= 4 is 23.3 Å². The lowest BCUT2D eigenvalue weighted by molar-refractivity contribution is -0.440. The maximum atomic E-state index is 11.6. The van der Waals surface area contributed by atoms with E-state index in [-0.39, 0.29) is 10.7 Å². The summed E-state index contributed by atoms with van der Waals surface area (Å²) in [7, 11) is 0. The Labute approximate surface area is 100 Å². The van der Waals surface area contributed by atoms with Crippen molar-refractivity contribution in [3.8, 4) is 0 Å². The van der Waals surface area contributed by atoms with Gasteiger partial charge < -0.3 is 5.21 Å². The highest BCUT2D eigenvalue weighted by Gasteiger charge is 2.21. The molecule has 0 bridgehead atoms. The van der Waals surface area contributed by atoms with Crippen LogP contribution in [0.3, 0.4) is 0 Å². The smallest absolute Gasteiger partial charge is 0.428 e. The standard InChI is InChI=1S/C4N12O3/c5-14-7-1-2(11-18-10-1)9-16(17)4-3(8-15-6)12-19-13-4. The summed E-state index contributed by atoms with van der Waals surface area (Å²) in [5, 5.41) is 33.8. The monoisotopic (exact) mass is 264 g/mol. The SMILES string of the molecule is [N-]=[N+]=Nc1nonc1N=[N+]([O-])c1nonc1N=[N+]=[N-]. The molecular weight excluding hydrogens is 264 g/mol. The molecule has 0 fully saturated rings. The van der Waals surface area contributed by atoms with Gasteiger partial charge in [0.15, 0.2) is 5.16 Å². The zero-order valence-electron chi connectivity index (χ0n) is 8.59. The van der Waals surface area contributed by atoms with E-state index in [0.717, 1.165) is 0 Å². The highest BCUT2D eigenvalue weighted by molar-refractivity contribution is 5.47. The second-order valence-electron chi connectivity index (χ2n) is 2.57. The molecule has 15 heteroatoms. The van der Waals surface area contributed by atoms with E-state index >= 15 is 0 Å². The number of azide groups is 2. The molecular formula is C4N12O3. The van der Waals surface area contributed by atoms with Crippen LogP contribution in [-0.2, 0) is 0 Å². The molecule has 0 atom stereocenters. The number of azo groups is 1. The molecule has 0 aliphatic heterocycles. The summed E-state index contributed by atoms with van der Waals surface area (Å²) in [6.07, 6.45) is 0. The fourth-order valence-corrected chi connectivity index (χ4v) is 0.886. The van der Waals surface area contributed by atoms with Gasteiger partial charge in [0.1, 0.15) is 0 Å². The summed E-state index contributed by atoms with van der Waals surface area (Å²) in [5.41, 5.74) is 16.4. The summed E-state index contributed by atoms with van der Waals surface area (Å²) in [6, 6.07) is 0. The fraction of sp³-hybridized carbons (Fsp3) is 0. The zero-order valence-corrected chi connectivity index (χ0v) is 8.59. The van der Waals surface area contributed by atoms with E-state index in [1.807, 2.05) is 0 Å². The van der Waals surface area contributed by atoms with Gasteiger partial charge in [-0.05, 0) is 36.8 Å². The molecule has 0 unspecified atom stereocenters. The maximum absolute atomic E-state index is 11.6. The minimum absolute atomic E-state index is 0.115. The largest absolute Gasteiger partial charge is 0.690 e. The molecule has 0 radical (unpaired) electrons. The Balaban J connectivity index is 2.42. The van der Waals surface area contributed by atoms with E-state index in [1.54, 1.807) is 0 Å². The normalized spacial score (nSPS) is 10.6. The first-order valence-corrected chi connectivity index (χ1v) is 4.20. The third kappa shape index (κ3) is 2.36. The van der Waals surface area contributed by atoms with Crippen molar-refractivity contribution < 1.29 is 14.1 Å². The Kier molecular flexibility index (Phi) is 3.15. The molecule has 15 nitrogen and oxygen atoms in total. The van der Waals surface area contributed by atoms with Gasteiger partial charge >= 0.3 is 5.82 Å². The minimum atomic E-state index is -0.521. The van der Waals surface area contributed by atoms with Gasteiger partial charge in [0.2, 0.25) is 5.82 Å². The molecule has 0 amide bonds. The van der Waals surface area contributed by atoms with Crippen LogP contribution in [0.15, 0.2) is 24.6 Å². The molecule has 2 aromatic heterocycles. The second-order valence-corrected chi connectivity index (χ2v) is 2.57. The number of hydrogen-bond donors (Lipinski definition) is 0. The van der Waals surface area contributed by atoms with Crippen molar-refractivity contribution in [2.45, 2.75) is 0 Å². The van der Waals surface area contributed by atoms with E-state index in [9.17, 15) is 5.21 Å². The summed E-state index contributed by atoms with van der Waals surface area (Å²) in [5.74, 6) is -1.71. The average Bonchev–Trinajstić information content (AvgIpc) is 3.00. The van der Waals surface area contributed by atoms with Crippen molar-refractivity contribution in [1.29, 1.82) is 0 Å². The van der Waals surface area contributed by atoms with Crippen LogP contribution in [0.5, 0.6) is 0 Å². The van der Waals surface area contributed by atoms with Gasteiger partial charge in [-0.15, -0.1) is 9.49 Å². The third-order valence-corrected chi connectivity index (χ3v) is 1.55. The topological polar surface area (TPSA) is 214 Å². The number of nitrogens with zero attached hydrogens (tertiary/aromatic N) is 12. The van der Waals surface area contributed by atoms with Gasteiger partial charge in [0.25, 0.3) is 11.6 Å². The van der Waals surface area contributed by atoms with Crippen molar-refractivity contribution in [3.05, 3.63) is 26.1 Å². The summed E-state index contributed by atoms with van der Waals surface area (Å²) in [6.45, 7) is 0. The Hall–Kier alpha value is -3.70. The van der Waals surface area contributed by atoms with Gasteiger partial charge in [0, 0.05) is 9.82 Å². The fourth-order valence-electron chi connectivity index (χ4n) is 0.886. The lowest BCUT2D eigenvalue weighted by atomic mass is 10.6. The Morgan fingerprint density at radius 1 is 0.947 bits per heavy atom. The molecule has 2 heterocycles. The molecule has 0 saturated carbocycles. The van der Waals surface area contributed by atoms with Crippen LogP contribution in [-0.4, -0.2) is 25.5 Å². The number of aromatic nitrogens is 4. The van der Waals surface area contributed by atoms with Gasteiger partial charge in [-0.1, -0.05) is 5.11 Å². The van der Waals surface area contributed by atoms with Crippen LogP contribution in [0, 0.1) is 5.21 Å². The van der Waals surface area contributed by atoms with E-state index in [0.29, 0.717) is 0 Å². The Bertz CT molecular complexity index is 713. The summed E-state index contributed by atoms with van der Waals surface area (Å²) < 4.78 is 8.44. The van der Waals surface area contributed by atoms with Crippen LogP contribution >= 0.6 is 0 Å². The third-order valence-electron chi connectivity index (χ3n) is 1.55. The first kappa shape index (κ1) is 11.8. The van der Waals surface area contributed by atoms with E-state index in [2.05, 4.69) is 55.1 Å². The molecule has 2 rings (SSSR count). The molecule has 0 N–H and O–H groups in total. The minimum Gasteiger partial charge on any atom is -0.690 e. The molecule has 0 saturated heterocycles. The predicted molar refractivity (Wildman–Crippen MR) is 51.6 cm³/mol. The molecule has 94 valence electrons. The predicted octanol–water partition coefficient (Wildman–Crippen LogP) is 2.26. The quantitative estimate of drug-likeness (QED) is 0.263. The van der Waals surface area contributed by atoms with Gasteiger partial charge in [-0.2, -0.15) is 0 Å². The van der Waals surface area contributed by atoms with Crippen molar-refractivity contribution in [1.82, 2.24) is 20.6 Å². The summed E-state index contributed by atoms with van der Waals surface area (Å²) in [4.78, 5) is 4.72. The second kappa shape index (κ2) is 5.09. The first-order valence-electron chi connectivity index (χ1n) is 4.20. The van der Waals surface area contributed by atoms with Crippen LogP contribution in [0.4, 0.5) is 23.3 Å². The van der Waals surface area contributed by atoms with Crippen LogP contribution < -0.4 is 0 Å².